The maximum Gasteiger partial charge on any atom is 0.439 e. The highest BCUT2D eigenvalue weighted by Crippen LogP contribution is 2.30. The summed E-state index contributed by atoms with van der Waals surface area (Å²) in [6, 6.07) is 15.6. The summed E-state index contributed by atoms with van der Waals surface area (Å²) in [5.41, 5.74) is 4.62. The number of nitrogens with zero attached hydrogens (tertiary/aromatic N) is 5. The molecular formula is C31H34N6O5. The number of aromatic nitrogens is 6. The first-order chi connectivity index (χ1) is 20.3. The molecule has 0 unspecified atom stereocenters. The SMILES string of the molecule is CCCCc1nc(C)c(Cc2nc(COC(C)C)no2)c(=O)n1Cc1ccc(-c2ccccc2-c2noc(=O)[nH]2)cc1. The molecule has 0 fully saturated rings. The van der Waals surface area contributed by atoms with Gasteiger partial charge in [-0.05, 0) is 43.9 Å². The van der Waals surface area contributed by atoms with Crippen LogP contribution in [0, 0.1) is 6.92 Å². The average Bonchev–Trinajstić information content (AvgIpc) is 3.63. The predicted molar refractivity (Wildman–Crippen MR) is 156 cm³/mol. The average molecular weight is 571 g/mol. The molecule has 3 heterocycles. The highest BCUT2D eigenvalue weighted by molar-refractivity contribution is 5.80. The van der Waals surface area contributed by atoms with Gasteiger partial charge in [-0.1, -0.05) is 72.2 Å². The van der Waals surface area contributed by atoms with E-state index < -0.39 is 5.76 Å². The second-order valence-corrected chi connectivity index (χ2v) is 10.4. The van der Waals surface area contributed by atoms with E-state index in [9.17, 15) is 9.59 Å². The quantitative estimate of drug-likeness (QED) is 0.223. The number of nitrogens with one attached hydrogen (secondary N) is 1. The Labute approximate surface area is 242 Å². The molecule has 11 nitrogen and oxygen atoms in total. The Kier molecular flexibility index (Phi) is 8.87. The summed E-state index contributed by atoms with van der Waals surface area (Å²) in [6.45, 7) is 8.46. The van der Waals surface area contributed by atoms with Crippen LogP contribution in [0.5, 0.6) is 0 Å². The van der Waals surface area contributed by atoms with Crippen LogP contribution in [-0.4, -0.2) is 35.9 Å². The van der Waals surface area contributed by atoms with Gasteiger partial charge in [0.25, 0.3) is 5.56 Å². The Bertz CT molecular complexity index is 1760. The fourth-order valence-corrected chi connectivity index (χ4v) is 4.72. The maximum absolute atomic E-state index is 13.9. The summed E-state index contributed by atoms with van der Waals surface area (Å²) in [4.78, 5) is 37.2. The van der Waals surface area contributed by atoms with E-state index >= 15 is 0 Å². The number of unbranched alkanes of at least 4 members (excludes halogenated alkanes) is 1. The molecule has 2 aromatic carbocycles. The number of H-pyrrole nitrogens is 1. The first-order valence-corrected chi connectivity index (χ1v) is 14.1. The third-order valence-electron chi connectivity index (χ3n) is 6.91. The zero-order valence-electron chi connectivity index (χ0n) is 24.2. The van der Waals surface area contributed by atoms with Crippen molar-refractivity contribution in [2.45, 2.75) is 72.6 Å². The fraction of sp³-hybridized carbons (Fsp3) is 0.355. The summed E-state index contributed by atoms with van der Waals surface area (Å²) < 4.78 is 17.4. The highest BCUT2D eigenvalue weighted by atomic mass is 16.5. The predicted octanol–water partition coefficient (Wildman–Crippen LogP) is 4.85. The van der Waals surface area contributed by atoms with E-state index in [0.717, 1.165) is 40.9 Å². The zero-order valence-corrected chi connectivity index (χ0v) is 24.2. The van der Waals surface area contributed by atoms with Crippen LogP contribution in [0.15, 0.2) is 67.2 Å². The van der Waals surface area contributed by atoms with Gasteiger partial charge in [0.15, 0.2) is 11.6 Å². The molecule has 0 aliphatic carbocycles. The number of aryl methyl sites for hydroxylation is 2. The van der Waals surface area contributed by atoms with Crippen LogP contribution >= 0.6 is 0 Å². The van der Waals surface area contributed by atoms with Gasteiger partial charge in [0.05, 0.1) is 19.1 Å². The molecule has 0 radical (unpaired) electrons. The monoisotopic (exact) mass is 570 g/mol. The van der Waals surface area contributed by atoms with Crippen LogP contribution in [0.1, 0.15) is 68.0 Å². The van der Waals surface area contributed by atoms with E-state index in [1.165, 1.54) is 0 Å². The lowest BCUT2D eigenvalue weighted by Gasteiger charge is -2.16. The van der Waals surface area contributed by atoms with Gasteiger partial charge < -0.3 is 9.26 Å². The standard InChI is InChI=1S/C31H34N6O5/c1-5-6-11-27-32-20(4)25(16-28-33-26(35-41-28)18-40-19(2)3)30(38)37(27)17-21-12-14-22(15-13-21)23-9-7-8-10-24(23)29-34-31(39)42-36-29/h7-10,12-15,19H,5-6,11,16-18H2,1-4H3,(H,34,36,39). The van der Waals surface area contributed by atoms with Gasteiger partial charge in [0.1, 0.15) is 12.4 Å². The third-order valence-corrected chi connectivity index (χ3v) is 6.91. The minimum absolute atomic E-state index is 0.0454. The normalized spacial score (nSPS) is 11.5. The number of benzene rings is 2. The van der Waals surface area contributed by atoms with Crippen molar-refractivity contribution in [3.8, 4) is 22.5 Å². The molecule has 0 saturated carbocycles. The molecule has 11 heteroatoms. The number of rotatable bonds is 12. The summed E-state index contributed by atoms with van der Waals surface area (Å²) in [5.74, 6) is 1.31. The Hall–Kier alpha value is -4.64. The molecule has 0 atom stereocenters. The second-order valence-electron chi connectivity index (χ2n) is 10.4. The largest absolute Gasteiger partial charge is 0.439 e. The maximum atomic E-state index is 13.9. The van der Waals surface area contributed by atoms with Crippen molar-refractivity contribution < 1.29 is 13.8 Å². The van der Waals surface area contributed by atoms with Gasteiger partial charge in [-0.3, -0.25) is 18.9 Å². The summed E-state index contributed by atoms with van der Waals surface area (Å²) in [5, 5.41) is 7.83. The Balaban J connectivity index is 1.43. The van der Waals surface area contributed by atoms with E-state index in [-0.39, 0.29) is 24.7 Å². The Morgan fingerprint density at radius 3 is 2.43 bits per heavy atom. The topological polar surface area (TPSA) is 142 Å². The van der Waals surface area contributed by atoms with Gasteiger partial charge in [-0.2, -0.15) is 4.98 Å². The van der Waals surface area contributed by atoms with Crippen molar-refractivity contribution in [1.29, 1.82) is 0 Å². The van der Waals surface area contributed by atoms with Crippen LogP contribution in [0.4, 0.5) is 0 Å². The van der Waals surface area contributed by atoms with Gasteiger partial charge >= 0.3 is 5.76 Å². The van der Waals surface area contributed by atoms with E-state index in [0.29, 0.717) is 41.8 Å². The summed E-state index contributed by atoms with van der Waals surface area (Å²) in [7, 11) is 0. The number of aromatic amines is 1. The molecule has 42 heavy (non-hydrogen) atoms. The molecule has 0 aliphatic heterocycles. The van der Waals surface area contributed by atoms with Gasteiger partial charge in [-0.25, -0.2) is 9.78 Å². The smallest absolute Gasteiger partial charge is 0.371 e. The molecule has 0 spiro atoms. The van der Waals surface area contributed by atoms with Crippen molar-refractivity contribution in [3.05, 3.63) is 104 Å². The molecule has 0 bridgehead atoms. The van der Waals surface area contributed by atoms with E-state index in [1.54, 1.807) is 4.57 Å². The minimum atomic E-state index is -0.606. The number of ether oxygens (including phenoxy) is 1. The number of hydrogen-bond donors (Lipinski definition) is 1. The first kappa shape index (κ1) is 28.9. The van der Waals surface area contributed by atoms with Gasteiger partial charge in [-0.15, -0.1) is 0 Å². The van der Waals surface area contributed by atoms with Crippen LogP contribution in [0.25, 0.3) is 22.5 Å². The van der Waals surface area contributed by atoms with Gasteiger partial charge in [0, 0.05) is 23.2 Å². The zero-order chi connectivity index (χ0) is 29.6. The van der Waals surface area contributed by atoms with Crippen molar-refractivity contribution in [3.63, 3.8) is 0 Å². The number of hydrogen-bond acceptors (Lipinski definition) is 9. The lowest BCUT2D eigenvalue weighted by Crippen LogP contribution is -2.30. The first-order valence-electron chi connectivity index (χ1n) is 14.1. The molecule has 3 aromatic heterocycles. The van der Waals surface area contributed by atoms with Crippen molar-refractivity contribution in [2.24, 2.45) is 0 Å². The minimum Gasteiger partial charge on any atom is -0.371 e. The molecule has 0 amide bonds. The summed E-state index contributed by atoms with van der Waals surface area (Å²) >= 11 is 0. The van der Waals surface area contributed by atoms with Crippen molar-refractivity contribution >= 4 is 0 Å². The van der Waals surface area contributed by atoms with Crippen LogP contribution in [0.3, 0.4) is 0 Å². The lowest BCUT2D eigenvalue weighted by molar-refractivity contribution is 0.0601. The van der Waals surface area contributed by atoms with Crippen LogP contribution in [-0.2, 0) is 30.7 Å². The van der Waals surface area contributed by atoms with E-state index in [4.69, 9.17) is 18.8 Å². The lowest BCUT2D eigenvalue weighted by atomic mass is 9.98. The summed E-state index contributed by atoms with van der Waals surface area (Å²) in [6.07, 6.45) is 2.86. The van der Waals surface area contributed by atoms with Crippen molar-refractivity contribution in [2.75, 3.05) is 0 Å². The Morgan fingerprint density at radius 1 is 0.976 bits per heavy atom. The Morgan fingerprint density at radius 2 is 1.74 bits per heavy atom. The van der Waals surface area contributed by atoms with E-state index in [1.807, 2.05) is 69.3 Å². The van der Waals surface area contributed by atoms with Crippen LogP contribution < -0.4 is 11.3 Å². The fourth-order valence-electron chi connectivity index (χ4n) is 4.72. The highest BCUT2D eigenvalue weighted by Gasteiger charge is 2.18. The van der Waals surface area contributed by atoms with Crippen LogP contribution in [0.2, 0.25) is 0 Å². The molecule has 5 aromatic rings. The third kappa shape index (κ3) is 6.63. The molecule has 5 rings (SSSR count). The van der Waals surface area contributed by atoms with Gasteiger partial charge in [0.2, 0.25) is 5.89 Å². The van der Waals surface area contributed by atoms with Crippen molar-refractivity contribution in [1.82, 2.24) is 29.8 Å². The molecule has 1 N–H and O–H groups in total. The molecular weight excluding hydrogens is 536 g/mol. The molecule has 0 saturated heterocycles. The second kappa shape index (κ2) is 12.9. The molecule has 218 valence electrons. The molecule has 0 aliphatic rings. The van der Waals surface area contributed by atoms with E-state index in [2.05, 4.69) is 27.2 Å².